The Bertz CT molecular complexity index is 842. The summed E-state index contributed by atoms with van der Waals surface area (Å²) in [7, 11) is 6.63. The quantitative estimate of drug-likeness (QED) is 0.713. The molecule has 1 N–H and O–H groups in total. The van der Waals surface area contributed by atoms with Gasteiger partial charge in [0.05, 0.1) is 14.2 Å². The van der Waals surface area contributed by atoms with Crippen LogP contribution in [0.3, 0.4) is 0 Å². The van der Waals surface area contributed by atoms with Gasteiger partial charge in [-0.2, -0.15) is 0 Å². The third-order valence-corrected chi connectivity index (χ3v) is 4.18. The second kappa shape index (κ2) is 10.2. The van der Waals surface area contributed by atoms with Crippen LogP contribution in [0.1, 0.15) is 21.5 Å². The largest absolute Gasteiger partial charge is 0.497 e. The fourth-order valence-corrected chi connectivity index (χ4v) is 2.60. The Kier molecular flexibility index (Phi) is 7.63. The molecule has 0 aromatic heterocycles. The highest BCUT2D eigenvalue weighted by atomic mass is 16.5. The molecular formula is C22H26N2O4. The zero-order valence-corrected chi connectivity index (χ0v) is 16.7. The molecule has 2 rings (SSSR count). The van der Waals surface area contributed by atoms with Crippen LogP contribution in [0, 0.1) is 0 Å². The fraction of sp³-hybridized carbons (Fsp3) is 0.273. The number of amides is 2. The van der Waals surface area contributed by atoms with Gasteiger partial charge in [-0.1, -0.05) is 18.2 Å². The number of nitrogens with zero attached hydrogens (tertiary/aromatic N) is 1. The highest BCUT2D eigenvalue weighted by Gasteiger charge is 2.07. The molecule has 6 heteroatoms. The van der Waals surface area contributed by atoms with E-state index in [0.29, 0.717) is 18.5 Å². The molecule has 0 fully saturated rings. The molecule has 0 aliphatic carbocycles. The third-order valence-electron chi connectivity index (χ3n) is 4.18. The first-order chi connectivity index (χ1) is 13.4. The topological polar surface area (TPSA) is 67.9 Å². The predicted molar refractivity (Wildman–Crippen MR) is 110 cm³/mol. The summed E-state index contributed by atoms with van der Waals surface area (Å²) in [6, 6.07) is 12.7. The van der Waals surface area contributed by atoms with Gasteiger partial charge in [-0.25, -0.2) is 0 Å². The first kappa shape index (κ1) is 21.0. The van der Waals surface area contributed by atoms with Crippen LogP contribution in [0.25, 0.3) is 6.08 Å². The summed E-state index contributed by atoms with van der Waals surface area (Å²) in [5.41, 5.74) is 2.45. The van der Waals surface area contributed by atoms with Gasteiger partial charge in [0.2, 0.25) is 5.91 Å². The molecule has 0 aliphatic heterocycles. The van der Waals surface area contributed by atoms with Gasteiger partial charge >= 0.3 is 0 Å². The molecule has 28 heavy (non-hydrogen) atoms. The highest BCUT2D eigenvalue weighted by Crippen LogP contribution is 2.24. The molecule has 0 saturated carbocycles. The number of ether oxygens (including phenoxy) is 2. The van der Waals surface area contributed by atoms with Gasteiger partial charge in [0.1, 0.15) is 11.5 Å². The van der Waals surface area contributed by atoms with Crippen LogP contribution in [0.2, 0.25) is 0 Å². The molecule has 0 radical (unpaired) electrons. The molecule has 2 aromatic carbocycles. The minimum Gasteiger partial charge on any atom is -0.497 e. The van der Waals surface area contributed by atoms with Gasteiger partial charge in [-0.15, -0.1) is 0 Å². The predicted octanol–water partition coefficient (Wildman–Crippen LogP) is 2.78. The number of hydrogen-bond acceptors (Lipinski definition) is 4. The lowest BCUT2D eigenvalue weighted by Gasteiger charge is -2.10. The van der Waals surface area contributed by atoms with Crippen molar-refractivity contribution in [2.24, 2.45) is 0 Å². The summed E-state index contributed by atoms with van der Waals surface area (Å²) in [4.78, 5) is 25.4. The van der Waals surface area contributed by atoms with Crippen molar-refractivity contribution in [3.8, 4) is 11.5 Å². The van der Waals surface area contributed by atoms with E-state index in [1.807, 2.05) is 30.3 Å². The van der Waals surface area contributed by atoms with Crippen LogP contribution in [0.15, 0.2) is 48.5 Å². The van der Waals surface area contributed by atoms with Gasteiger partial charge in [0, 0.05) is 38.3 Å². The normalized spacial score (nSPS) is 10.6. The standard InChI is InChI=1S/C22H26N2O4/c1-24(2)22(26)18-8-5-16(6-9-18)7-12-21(25)23-14-13-17-10-11-19(27-3)15-20(17)28-4/h5-12,15H,13-14H2,1-4H3,(H,23,25)/b12-7+. The highest BCUT2D eigenvalue weighted by molar-refractivity contribution is 5.94. The van der Waals surface area contributed by atoms with Gasteiger partial charge in [0.25, 0.3) is 5.91 Å². The lowest BCUT2D eigenvalue weighted by atomic mass is 10.1. The third kappa shape index (κ3) is 5.87. The summed E-state index contributed by atoms with van der Waals surface area (Å²) >= 11 is 0. The maximum absolute atomic E-state index is 12.0. The SMILES string of the molecule is COc1ccc(CCNC(=O)/C=C/c2ccc(C(=O)N(C)C)cc2)c(OC)c1. The lowest BCUT2D eigenvalue weighted by Crippen LogP contribution is -2.23. The number of hydrogen-bond donors (Lipinski definition) is 1. The molecular weight excluding hydrogens is 356 g/mol. The van der Waals surface area contributed by atoms with E-state index in [9.17, 15) is 9.59 Å². The Balaban J connectivity index is 1.86. The molecule has 6 nitrogen and oxygen atoms in total. The molecule has 0 bridgehead atoms. The van der Waals surface area contributed by atoms with Gasteiger partial charge in [0.15, 0.2) is 0 Å². The van der Waals surface area contributed by atoms with Crippen LogP contribution in [-0.2, 0) is 11.2 Å². The van der Waals surface area contributed by atoms with Crippen LogP contribution < -0.4 is 14.8 Å². The van der Waals surface area contributed by atoms with Crippen molar-refractivity contribution in [1.82, 2.24) is 10.2 Å². The van der Waals surface area contributed by atoms with E-state index >= 15 is 0 Å². The fourth-order valence-electron chi connectivity index (χ4n) is 2.60. The number of methoxy groups -OCH3 is 2. The van der Waals surface area contributed by atoms with Gasteiger partial charge in [-0.05, 0) is 41.8 Å². The number of benzene rings is 2. The van der Waals surface area contributed by atoms with Crippen molar-refractivity contribution in [3.05, 3.63) is 65.2 Å². The number of carbonyl (C=O) groups is 2. The van der Waals surface area contributed by atoms with E-state index in [1.165, 1.54) is 11.0 Å². The minimum atomic E-state index is -0.180. The minimum absolute atomic E-state index is 0.0535. The first-order valence-corrected chi connectivity index (χ1v) is 8.93. The molecule has 0 saturated heterocycles. The molecule has 148 valence electrons. The van der Waals surface area contributed by atoms with Crippen LogP contribution in [0.4, 0.5) is 0 Å². The van der Waals surface area contributed by atoms with Crippen molar-refractivity contribution < 1.29 is 19.1 Å². The zero-order chi connectivity index (χ0) is 20.5. The number of nitrogens with one attached hydrogen (secondary N) is 1. The monoisotopic (exact) mass is 382 g/mol. The molecule has 0 atom stereocenters. The Morgan fingerprint density at radius 2 is 1.75 bits per heavy atom. The second-order valence-corrected chi connectivity index (χ2v) is 6.37. The Morgan fingerprint density at radius 3 is 2.36 bits per heavy atom. The Hall–Kier alpha value is -3.28. The average molecular weight is 382 g/mol. The molecule has 0 aliphatic rings. The molecule has 0 spiro atoms. The van der Waals surface area contributed by atoms with Gasteiger partial charge < -0.3 is 19.7 Å². The average Bonchev–Trinajstić information content (AvgIpc) is 2.72. The smallest absolute Gasteiger partial charge is 0.253 e. The van der Waals surface area contributed by atoms with E-state index < -0.39 is 0 Å². The second-order valence-electron chi connectivity index (χ2n) is 6.37. The van der Waals surface area contributed by atoms with Crippen LogP contribution in [-0.4, -0.2) is 51.6 Å². The molecule has 2 aromatic rings. The summed E-state index contributed by atoms with van der Waals surface area (Å²) in [6.45, 7) is 0.488. The van der Waals surface area contributed by atoms with Crippen molar-refractivity contribution in [3.63, 3.8) is 0 Å². The van der Waals surface area contributed by atoms with Crippen molar-refractivity contribution in [1.29, 1.82) is 0 Å². The van der Waals surface area contributed by atoms with Gasteiger partial charge in [-0.3, -0.25) is 9.59 Å². The summed E-state index contributed by atoms with van der Waals surface area (Å²) in [5.74, 6) is 1.23. The Labute approximate surface area is 165 Å². The van der Waals surface area contributed by atoms with Crippen molar-refractivity contribution in [2.45, 2.75) is 6.42 Å². The summed E-state index contributed by atoms with van der Waals surface area (Å²) < 4.78 is 10.5. The number of rotatable bonds is 8. The maximum Gasteiger partial charge on any atom is 0.253 e. The maximum atomic E-state index is 12.0. The number of carbonyl (C=O) groups excluding carboxylic acids is 2. The van der Waals surface area contributed by atoms with Crippen molar-refractivity contribution in [2.75, 3.05) is 34.9 Å². The van der Waals surface area contributed by atoms with E-state index in [4.69, 9.17) is 9.47 Å². The zero-order valence-electron chi connectivity index (χ0n) is 16.7. The molecule has 0 unspecified atom stereocenters. The first-order valence-electron chi connectivity index (χ1n) is 8.93. The molecule has 2 amide bonds. The van der Waals surface area contributed by atoms with E-state index in [0.717, 1.165) is 22.6 Å². The van der Waals surface area contributed by atoms with E-state index in [1.54, 1.807) is 46.5 Å². The Morgan fingerprint density at radius 1 is 1.04 bits per heavy atom. The van der Waals surface area contributed by atoms with Crippen molar-refractivity contribution >= 4 is 17.9 Å². The summed E-state index contributed by atoms with van der Waals surface area (Å²) in [6.07, 6.45) is 3.84. The molecule has 0 heterocycles. The van der Waals surface area contributed by atoms with E-state index in [2.05, 4.69) is 5.32 Å². The summed E-state index contributed by atoms with van der Waals surface area (Å²) in [5, 5.41) is 2.85. The van der Waals surface area contributed by atoms with E-state index in [-0.39, 0.29) is 11.8 Å². The lowest BCUT2D eigenvalue weighted by molar-refractivity contribution is -0.116. The van der Waals surface area contributed by atoms with Crippen LogP contribution >= 0.6 is 0 Å². The van der Waals surface area contributed by atoms with Crippen LogP contribution in [0.5, 0.6) is 11.5 Å².